The van der Waals surface area contributed by atoms with Crippen molar-refractivity contribution in [2.24, 2.45) is 5.73 Å². The van der Waals surface area contributed by atoms with E-state index in [9.17, 15) is 8.78 Å². The summed E-state index contributed by atoms with van der Waals surface area (Å²) in [5.41, 5.74) is 6.70. The van der Waals surface area contributed by atoms with Gasteiger partial charge in [0.05, 0.1) is 0 Å². The maximum atomic E-state index is 13.7. The van der Waals surface area contributed by atoms with Gasteiger partial charge in [-0.15, -0.1) is 0 Å². The Bertz CT molecular complexity index is 604. The van der Waals surface area contributed by atoms with Crippen molar-refractivity contribution in [1.82, 2.24) is 0 Å². The third kappa shape index (κ3) is 3.53. The zero-order valence-corrected chi connectivity index (χ0v) is 12.2. The minimum absolute atomic E-state index is 0.220. The van der Waals surface area contributed by atoms with Gasteiger partial charge < -0.3 is 5.73 Å². The monoisotopic (exact) mass is 345 g/mol. The first kappa shape index (κ1) is 14.4. The number of nitrogens with two attached hydrogens (primary N) is 1. The molecule has 2 rings (SSSR count). The summed E-state index contributed by atoms with van der Waals surface area (Å²) in [4.78, 5) is 0. The molecule has 1 unspecified atom stereocenters. The highest BCUT2D eigenvalue weighted by atomic mass is 79.9. The number of hydrogen-bond acceptors (Lipinski definition) is 1. The van der Waals surface area contributed by atoms with Gasteiger partial charge in [0, 0.05) is 21.1 Å². The van der Waals surface area contributed by atoms with Crippen molar-refractivity contribution in [3.8, 4) is 0 Å². The minimum atomic E-state index is -0.618. The summed E-state index contributed by atoms with van der Waals surface area (Å²) in [5.74, 6) is -0.836. The molecule has 0 heterocycles. The van der Waals surface area contributed by atoms with E-state index in [-0.39, 0.29) is 12.2 Å². The molecule has 0 spiro atoms. The van der Waals surface area contributed by atoms with Crippen LogP contribution in [0.3, 0.4) is 0 Å². The second kappa shape index (κ2) is 5.99. The molecule has 0 fully saturated rings. The lowest BCUT2D eigenvalue weighted by atomic mass is 9.99. The highest BCUT2D eigenvalue weighted by Gasteiger charge is 2.14. The van der Waals surface area contributed by atoms with Crippen LogP contribution < -0.4 is 5.73 Å². The third-order valence-corrected chi connectivity index (χ3v) is 3.55. The maximum absolute atomic E-state index is 13.7. The predicted molar refractivity (Wildman–Crippen MR) is 76.1 cm³/mol. The third-order valence-electron chi connectivity index (χ3n) is 2.82. The fourth-order valence-corrected chi connectivity index (χ4v) is 2.33. The fourth-order valence-electron chi connectivity index (χ4n) is 1.84. The summed E-state index contributed by atoms with van der Waals surface area (Å²) >= 11 is 8.86. The molecule has 5 heteroatoms. The van der Waals surface area contributed by atoms with E-state index in [0.29, 0.717) is 20.6 Å². The van der Waals surface area contributed by atoms with Crippen LogP contribution in [0.5, 0.6) is 0 Å². The first-order valence-corrected chi connectivity index (χ1v) is 6.79. The molecule has 0 saturated carbocycles. The standard InChI is InChI=1S/C14H11BrClF2N/c15-9-2-1-8(12(17)6-9)5-14(19)11-4-3-10(16)7-13(11)18/h1-4,6-7,14H,5,19H2. The Morgan fingerprint density at radius 2 is 1.84 bits per heavy atom. The lowest BCUT2D eigenvalue weighted by Crippen LogP contribution is -2.15. The lowest BCUT2D eigenvalue weighted by molar-refractivity contribution is 0.563. The Morgan fingerprint density at radius 1 is 1.11 bits per heavy atom. The number of halogens is 4. The van der Waals surface area contributed by atoms with Crippen LogP contribution in [0.4, 0.5) is 8.78 Å². The van der Waals surface area contributed by atoms with Crippen LogP contribution in [0, 0.1) is 11.6 Å². The van der Waals surface area contributed by atoms with Crippen LogP contribution in [0.25, 0.3) is 0 Å². The summed E-state index contributed by atoms with van der Waals surface area (Å²) in [7, 11) is 0. The minimum Gasteiger partial charge on any atom is -0.324 e. The van der Waals surface area contributed by atoms with E-state index >= 15 is 0 Å². The average molecular weight is 347 g/mol. The molecule has 0 aromatic heterocycles. The molecule has 0 saturated heterocycles. The van der Waals surface area contributed by atoms with Crippen LogP contribution in [-0.2, 0) is 6.42 Å². The largest absolute Gasteiger partial charge is 0.324 e. The van der Waals surface area contributed by atoms with Gasteiger partial charge in [0.2, 0.25) is 0 Å². The lowest BCUT2D eigenvalue weighted by Gasteiger charge is -2.14. The Hall–Kier alpha value is -0.970. The Labute approximate surface area is 123 Å². The molecule has 0 aliphatic carbocycles. The van der Waals surface area contributed by atoms with Gasteiger partial charge >= 0.3 is 0 Å². The van der Waals surface area contributed by atoms with Gasteiger partial charge in [-0.05, 0) is 36.2 Å². The zero-order valence-electron chi connectivity index (χ0n) is 9.84. The first-order chi connectivity index (χ1) is 8.97. The van der Waals surface area contributed by atoms with Gasteiger partial charge in [0.25, 0.3) is 0 Å². The van der Waals surface area contributed by atoms with E-state index in [2.05, 4.69) is 15.9 Å². The molecule has 0 radical (unpaired) electrons. The van der Waals surface area contributed by atoms with Gasteiger partial charge in [0.1, 0.15) is 11.6 Å². The normalized spacial score (nSPS) is 12.5. The van der Waals surface area contributed by atoms with Gasteiger partial charge in [-0.2, -0.15) is 0 Å². The molecule has 0 aliphatic heterocycles. The molecule has 100 valence electrons. The van der Waals surface area contributed by atoms with Crippen molar-refractivity contribution >= 4 is 27.5 Å². The Morgan fingerprint density at radius 3 is 2.47 bits per heavy atom. The Balaban J connectivity index is 2.23. The molecule has 0 amide bonds. The maximum Gasteiger partial charge on any atom is 0.129 e. The van der Waals surface area contributed by atoms with Crippen LogP contribution in [0.1, 0.15) is 17.2 Å². The van der Waals surface area contributed by atoms with Crippen LogP contribution >= 0.6 is 27.5 Å². The van der Waals surface area contributed by atoms with E-state index in [0.717, 1.165) is 0 Å². The average Bonchev–Trinajstić information content (AvgIpc) is 2.32. The van der Waals surface area contributed by atoms with Crippen molar-refractivity contribution in [3.05, 3.63) is 68.7 Å². The van der Waals surface area contributed by atoms with E-state index in [1.54, 1.807) is 18.2 Å². The second-order valence-electron chi connectivity index (χ2n) is 4.21. The predicted octanol–water partition coefficient (Wildman–Crippen LogP) is 4.62. The van der Waals surface area contributed by atoms with Gasteiger partial charge in [-0.1, -0.05) is 39.7 Å². The number of rotatable bonds is 3. The summed E-state index contributed by atoms with van der Waals surface area (Å²) in [6, 6.07) is 8.40. The molecule has 19 heavy (non-hydrogen) atoms. The van der Waals surface area contributed by atoms with E-state index in [1.165, 1.54) is 18.2 Å². The van der Waals surface area contributed by atoms with Crippen LogP contribution in [-0.4, -0.2) is 0 Å². The Kier molecular flexibility index (Phi) is 4.55. The molecular formula is C14H11BrClF2N. The SMILES string of the molecule is NC(Cc1ccc(Br)cc1F)c1ccc(Cl)cc1F. The van der Waals surface area contributed by atoms with E-state index in [1.807, 2.05) is 0 Å². The molecule has 0 aliphatic rings. The van der Waals surface area contributed by atoms with Gasteiger partial charge in [0.15, 0.2) is 0 Å². The van der Waals surface area contributed by atoms with Crippen molar-refractivity contribution in [1.29, 1.82) is 0 Å². The topological polar surface area (TPSA) is 26.0 Å². The van der Waals surface area contributed by atoms with E-state index < -0.39 is 11.9 Å². The van der Waals surface area contributed by atoms with Crippen molar-refractivity contribution < 1.29 is 8.78 Å². The summed E-state index contributed by atoms with van der Waals surface area (Å²) < 4.78 is 28.0. The molecule has 2 aromatic carbocycles. The van der Waals surface area contributed by atoms with Gasteiger partial charge in [-0.3, -0.25) is 0 Å². The smallest absolute Gasteiger partial charge is 0.129 e. The highest BCUT2D eigenvalue weighted by molar-refractivity contribution is 9.10. The van der Waals surface area contributed by atoms with Gasteiger partial charge in [-0.25, -0.2) is 8.78 Å². The van der Waals surface area contributed by atoms with Crippen LogP contribution in [0.15, 0.2) is 40.9 Å². The van der Waals surface area contributed by atoms with Crippen molar-refractivity contribution in [3.63, 3.8) is 0 Å². The number of benzene rings is 2. The quantitative estimate of drug-likeness (QED) is 0.862. The summed E-state index contributed by atoms with van der Waals surface area (Å²) in [5, 5.41) is 0.309. The van der Waals surface area contributed by atoms with Crippen molar-refractivity contribution in [2.45, 2.75) is 12.5 Å². The molecule has 1 atom stereocenters. The molecule has 1 nitrogen and oxygen atoms in total. The fraction of sp³-hybridized carbons (Fsp3) is 0.143. The highest BCUT2D eigenvalue weighted by Crippen LogP contribution is 2.24. The summed E-state index contributed by atoms with van der Waals surface area (Å²) in [6.45, 7) is 0. The van der Waals surface area contributed by atoms with E-state index in [4.69, 9.17) is 17.3 Å². The number of hydrogen-bond donors (Lipinski definition) is 1. The van der Waals surface area contributed by atoms with Crippen LogP contribution in [0.2, 0.25) is 5.02 Å². The second-order valence-corrected chi connectivity index (χ2v) is 5.56. The zero-order chi connectivity index (χ0) is 14.0. The molecule has 2 N–H and O–H groups in total. The molecule has 2 aromatic rings. The van der Waals surface area contributed by atoms with Crippen molar-refractivity contribution in [2.75, 3.05) is 0 Å². The molecule has 0 bridgehead atoms. The summed E-state index contributed by atoms with van der Waals surface area (Å²) in [6.07, 6.45) is 0.220. The molecular weight excluding hydrogens is 336 g/mol. The first-order valence-electron chi connectivity index (χ1n) is 5.62.